The van der Waals surface area contributed by atoms with E-state index < -0.39 is 26.6 Å². The van der Waals surface area contributed by atoms with Gasteiger partial charge < -0.3 is 9.94 Å². The van der Waals surface area contributed by atoms with E-state index >= 15 is 0 Å². The number of hydrogen-bond acceptors (Lipinski definition) is 7. The largest absolute Gasteiger partial charge is 0.396 e. The van der Waals surface area contributed by atoms with Crippen LogP contribution in [0.3, 0.4) is 0 Å². The highest BCUT2D eigenvalue weighted by atomic mass is 32.2. The Bertz CT molecular complexity index is 1190. The van der Waals surface area contributed by atoms with Crippen molar-refractivity contribution in [1.82, 2.24) is 5.48 Å². The van der Waals surface area contributed by atoms with Crippen molar-refractivity contribution in [2.45, 2.75) is 37.0 Å². The van der Waals surface area contributed by atoms with Gasteiger partial charge in [0.05, 0.1) is 5.71 Å². The molecule has 0 saturated carbocycles. The Kier molecular flexibility index (Phi) is 7.53. The van der Waals surface area contributed by atoms with Gasteiger partial charge in [-0.05, 0) is 48.7 Å². The van der Waals surface area contributed by atoms with Gasteiger partial charge in [-0.25, -0.2) is 13.9 Å². The first kappa shape index (κ1) is 24.5. The summed E-state index contributed by atoms with van der Waals surface area (Å²) < 4.78 is 22.5. The molecule has 0 aromatic heterocycles. The molecule has 0 unspecified atom stereocenters. The number of hydroxylamine groups is 1. The van der Waals surface area contributed by atoms with Gasteiger partial charge in [-0.3, -0.25) is 10.0 Å². The van der Waals surface area contributed by atoms with Gasteiger partial charge in [0.25, 0.3) is 5.91 Å². The second-order valence-corrected chi connectivity index (χ2v) is 10.6. The van der Waals surface area contributed by atoms with Gasteiger partial charge in [0.1, 0.15) is 6.10 Å². The number of sulfone groups is 1. The Hall–Kier alpha value is -3.19. The van der Waals surface area contributed by atoms with Gasteiger partial charge in [0.2, 0.25) is 0 Å². The van der Waals surface area contributed by atoms with Gasteiger partial charge in [0, 0.05) is 36.8 Å². The highest BCUT2D eigenvalue weighted by Crippen LogP contribution is 2.29. The average Bonchev–Trinajstić information content (AvgIpc) is 3.26. The Labute approximate surface area is 193 Å². The molecule has 9 heteroatoms. The maximum Gasteiger partial charge on any atom is 0.264 e. The van der Waals surface area contributed by atoms with Crippen LogP contribution in [0, 0.1) is 11.8 Å². The maximum atomic E-state index is 12.2. The summed E-state index contributed by atoms with van der Waals surface area (Å²) in [7, 11) is -3.82. The van der Waals surface area contributed by atoms with E-state index in [4.69, 9.17) is 15.2 Å². The van der Waals surface area contributed by atoms with E-state index in [1.165, 1.54) is 12.4 Å². The minimum Gasteiger partial charge on any atom is -0.396 e. The minimum absolute atomic E-state index is 0.115. The number of aliphatic hydroxyl groups excluding tert-OH is 1. The Morgan fingerprint density at radius 2 is 1.73 bits per heavy atom. The molecule has 0 bridgehead atoms. The molecule has 0 aliphatic carbocycles. The van der Waals surface area contributed by atoms with Gasteiger partial charge in [-0.1, -0.05) is 41.3 Å². The van der Waals surface area contributed by atoms with Crippen molar-refractivity contribution in [3.63, 3.8) is 0 Å². The molecule has 1 amide bonds. The maximum absolute atomic E-state index is 12.2. The Balaban J connectivity index is 1.65. The summed E-state index contributed by atoms with van der Waals surface area (Å²) in [4.78, 5) is 17.4. The summed E-state index contributed by atoms with van der Waals surface area (Å²) in [6.07, 6.45) is 1.12. The van der Waals surface area contributed by atoms with Crippen molar-refractivity contribution in [3.8, 4) is 11.8 Å². The van der Waals surface area contributed by atoms with Gasteiger partial charge in [-0.2, -0.15) is 0 Å². The third kappa shape index (κ3) is 5.79. The molecule has 3 rings (SSSR count). The summed E-state index contributed by atoms with van der Waals surface area (Å²) in [6, 6.07) is 15.1. The highest BCUT2D eigenvalue weighted by Gasteiger charge is 2.47. The standard InChI is InChI=1S/C24H26N2O6S/c1-24(23(28)25-29,33(2,30)31)16-21-15-22(26-32-21)20-11-9-18(10-12-20)4-3-17-5-7-19(8-6-17)13-14-27/h5-12,21,27,29H,13-16H2,1-2H3,(H,25,28)/t21-,24-/m1/s1. The lowest BCUT2D eigenvalue weighted by molar-refractivity contribution is -0.132. The SMILES string of the molecule is C[C@@](C[C@H]1CC(c2ccc(C#Cc3ccc(CCO)cc3)cc2)=NO1)(C(=O)NO)S(C)(=O)=O. The van der Waals surface area contributed by atoms with Crippen molar-refractivity contribution >= 4 is 21.5 Å². The Morgan fingerprint density at radius 3 is 2.24 bits per heavy atom. The molecule has 0 radical (unpaired) electrons. The summed E-state index contributed by atoms with van der Waals surface area (Å²) in [6.45, 7) is 1.37. The lowest BCUT2D eigenvalue weighted by atomic mass is 9.96. The fraction of sp³-hybridized carbons (Fsp3) is 0.333. The average molecular weight is 471 g/mol. The second-order valence-electron chi connectivity index (χ2n) is 8.12. The zero-order valence-corrected chi connectivity index (χ0v) is 19.2. The third-order valence-electron chi connectivity index (χ3n) is 5.67. The summed E-state index contributed by atoms with van der Waals surface area (Å²) in [5.41, 5.74) is 5.63. The predicted molar refractivity (Wildman–Crippen MR) is 123 cm³/mol. The summed E-state index contributed by atoms with van der Waals surface area (Å²) in [5.74, 6) is 5.19. The van der Waals surface area contributed by atoms with Crippen LogP contribution in [-0.4, -0.2) is 54.1 Å². The van der Waals surface area contributed by atoms with Crippen LogP contribution in [0.2, 0.25) is 0 Å². The summed E-state index contributed by atoms with van der Waals surface area (Å²) in [5, 5.41) is 22.0. The molecule has 3 N–H and O–H groups in total. The van der Waals surface area contributed by atoms with Crippen LogP contribution in [0.15, 0.2) is 53.7 Å². The van der Waals surface area contributed by atoms with E-state index in [-0.39, 0.29) is 13.0 Å². The van der Waals surface area contributed by atoms with E-state index in [2.05, 4.69) is 17.0 Å². The van der Waals surface area contributed by atoms with Crippen LogP contribution in [0.5, 0.6) is 0 Å². The zero-order chi connectivity index (χ0) is 24.1. The molecular weight excluding hydrogens is 444 g/mol. The molecule has 1 aliphatic heterocycles. The third-order valence-corrected chi connectivity index (χ3v) is 7.66. The number of amides is 1. The fourth-order valence-corrected chi connectivity index (χ4v) is 4.32. The topological polar surface area (TPSA) is 125 Å². The van der Waals surface area contributed by atoms with Crippen molar-refractivity contribution in [1.29, 1.82) is 0 Å². The van der Waals surface area contributed by atoms with Crippen molar-refractivity contribution in [2.24, 2.45) is 5.16 Å². The van der Waals surface area contributed by atoms with E-state index in [0.717, 1.165) is 28.5 Å². The normalized spacial score (nSPS) is 17.2. The van der Waals surface area contributed by atoms with E-state index in [9.17, 15) is 13.2 Å². The molecule has 8 nitrogen and oxygen atoms in total. The molecule has 0 fully saturated rings. The molecule has 174 valence electrons. The number of hydrogen-bond donors (Lipinski definition) is 3. The smallest absolute Gasteiger partial charge is 0.264 e. The molecule has 1 heterocycles. The number of aliphatic hydroxyl groups is 1. The quantitative estimate of drug-likeness (QED) is 0.322. The predicted octanol–water partition coefficient (Wildman–Crippen LogP) is 1.81. The van der Waals surface area contributed by atoms with Crippen molar-refractivity contribution in [2.75, 3.05) is 12.9 Å². The van der Waals surface area contributed by atoms with Gasteiger partial charge in [-0.15, -0.1) is 0 Å². The lowest BCUT2D eigenvalue weighted by Gasteiger charge is -2.26. The van der Waals surface area contributed by atoms with Crippen molar-refractivity contribution in [3.05, 3.63) is 70.8 Å². The van der Waals surface area contributed by atoms with E-state index in [1.807, 2.05) is 48.5 Å². The first-order valence-electron chi connectivity index (χ1n) is 10.4. The van der Waals surface area contributed by atoms with Gasteiger partial charge in [0.15, 0.2) is 14.6 Å². The van der Waals surface area contributed by atoms with E-state index in [1.54, 1.807) is 0 Å². The number of rotatable bonds is 7. The summed E-state index contributed by atoms with van der Waals surface area (Å²) >= 11 is 0. The molecular formula is C24H26N2O6S. The van der Waals surface area contributed by atoms with E-state index in [0.29, 0.717) is 18.6 Å². The molecule has 2 aromatic carbocycles. The van der Waals surface area contributed by atoms with Crippen molar-refractivity contribution < 1.29 is 28.4 Å². The molecule has 2 aromatic rings. The number of carbonyl (C=O) groups is 1. The minimum atomic E-state index is -3.82. The van der Waals surface area contributed by atoms with Crippen LogP contribution in [0.1, 0.15) is 42.0 Å². The number of benzene rings is 2. The van der Waals surface area contributed by atoms with Crippen LogP contribution in [0.4, 0.5) is 0 Å². The Morgan fingerprint density at radius 1 is 1.15 bits per heavy atom. The molecule has 0 spiro atoms. The second kappa shape index (κ2) is 10.2. The van der Waals surface area contributed by atoms with Gasteiger partial charge >= 0.3 is 0 Å². The molecule has 2 atom stereocenters. The number of nitrogens with zero attached hydrogens (tertiary/aromatic N) is 1. The van der Waals surface area contributed by atoms with Crippen LogP contribution < -0.4 is 5.48 Å². The molecule has 0 saturated heterocycles. The number of carbonyl (C=O) groups excluding carboxylic acids is 1. The lowest BCUT2D eigenvalue weighted by Crippen LogP contribution is -2.51. The zero-order valence-electron chi connectivity index (χ0n) is 18.4. The molecule has 33 heavy (non-hydrogen) atoms. The monoisotopic (exact) mass is 470 g/mol. The van der Waals surface area contributed by atoms with Crippen LogP contribution in [-0.2, 0) is 25.9 Å². The highest BCUT2D eigenvalue weighted by molar-refractivity contribution is 7.92. The van der Waals surface area contributed by atoms with Crippen LogP contribution in [0.25, 0.3) is 0 Å². The molecule has 1 aliphatic rings. The fourth-order valence-electron chi connectivity index (χ4n) is 3.45. The number of nitrogens with one attached hydrogen (secondary N) is 1. The first-order chi connectivity index (χ1) is 15.7. The number of oxime groups is 1. The van der Waals surface area contributed by atoms with Crippen LogP contribution >= 0.6 is 0 Å². The first-order valence-corrected chi connectivity index (χ1v) is 12.2.